The number of benzene rings is 1. The monoisotopic (exact) mass is 239 g/mol. The Morgan fingerprint density at radius 1 is 1.41 bits per heavy atom. The van der Waals surface area contributed by atoms with E-state index in [9.17, 15) is 13.6 Å². The predicted molar refractivity (Wildman–Crippen MR) is 56.7 cm³/mol. The largest absolute Gasteiger partial charge is 0.481 e. The van der Waals surface area contributed by atoms with Gasteiger partial charge in [-0.05, 0) is 23.6 Å². The molecule has 0 unspecified atom stereocenters. The molecule has 0 heterocycles. The first-order valence-corrected chi connectivity index (χ1v) is 5.03. The van der Waals surface area contributed by atoms with Crippen LogP contribution in [0.2, 0.25) is 0 Å². The number of hydrogen-bond acceptors (Lipinski definition) is 2. The average molecular weight is 239 g/mol. The molecule has 0 aromatic heterocycles. The molecule has 1 rings (SSSR count). The summed E-state index contributed by atoms with van der Waals surface area (Å²) in [5.41, 5.74) is 0.972. The number of halogens is 2. The average Bonchev–Trinajstić information content (AvgIpc) is 2.27. The first-order chi connectivity index (χ1) is 8.04. The maximum absolute atomic E-state index is 12.5. The van der Waals surface area contributed by atoms with Crippen molar-refractivity contribution in [3.05, 3.63) is 34.9 Å². The van der Waals surface area contributed by atoms with Crippen LogP contribution in [0.3, 0.4) is 0 Å². The highest BCUT2D eigenvalue weighted by atomic mass is 19.3. The van der Waals surface area contributed by atoms with Gasteiger partial charge in [-0.1, -0.05) is 12.1 Å². The van der Waals surface area contributed by atoms with Gasteiger partial charge in [0.15, 0.2) is 0 Å². The number of aryl methyl sites for hydroxylation is 1. The minimum absolute atomic E-state index is 0.00944. The van der Waals surface area contributed by atoms with E-state index in [4.69, 9.17) is 10.4 Å². The number of aliphatic carboxylic acids is 1. The molecule has 17 heavy (non-hydrogen) atoms. The second-order valence-corrected chi connectivity index (χ2v) is 3.56. The minimum Gasteiger partial charge on any atom is -0.481 e. The number of rotatable bonds is 5. The van der Waals surface area contributed by atoms with Crippen molar-refractivity contribution in [3.8, 4) is 6.07 Å². The lowest BCUT2D eigenvalue weighted by Gasteiger charge is -2.08. The molecule has 90 valence electrons. The summed E-state index contributed by atoms with van der Waals surface area (Å²) in [5.74, 6) is -0.953. The predicted octanol–water partition coefficient (Wildman–Crippen LogP) is 2.71. The van der Waals surface area contributed by atoms with Crippen LogP contribution in [-0.2, 0) is 17.6 Å². The number of alkyl halides is 2. The maximum Gasteiger partial charge on any atom is 0.303 e. The molecular formula is C12H11F2NO2. The van der Waals surface area contributed by atoms with Gasteiger partial charge >= 0.3 is 5.97 Å². The van der Waals surface area contributed by atoms with Crippen molar-refractivity contribution in [2.75, 3.05) is 0 Å². The number of carbonyl (C=O) groups is 1. The standard InChI is InChI=1S/C12H11F2NO2/c13-12(14)10-2-1-8(3-4-11(16)17)9(7-10)5-6-15/h1-2,7,12H,3-5H2,(H,16,17). The van der Waals surface area contributed by atoms with E-state index < -0.39 is 12.4 Å². The highest BCUT2D eigenvalue weighted by molar-refractivity contribution is 5.67. The van der Waals surface area contributed by atoms with Crippen molar-refractivity contribution in [3.63, 3.8) is 0 Å². The Bertz CT molecular complexity index is 452. The highest BCUT2D eigenvalue weighted by Crippen LogP contribution is 2.23. The van der Waals surface area contributed by atoms with Crippen LogP contribution in [0.5, 0.6) is 0 Å². The van der Waals surface area contributed by atoms with E-state index in [1.165, 1.54) is 18.2 Å². The summed E-state index contributed by atoms with van der Waals surface area (Å²) in [6.45, 7) is 0. The summed E-state index contributed by atoms with van der Waals surface area (Å²) in [6.07, 6.45) is -2.40. The Labute approximate surface area is 97.3 Å². The van der Waals surface area contributed by atoms with E-state index in [0.717, 1.165) is 0 Å². The van der Waals surface area contributed by atoms with Gasteiger partial charge in [0.25, 0.3) is 6.43 Å². The van der Waals surface area contributed by atoms with Crippen LogP contribution in [0.15, 0.2) is 18.2 Å². The number of nitrogens with zero attached hydrogens (tertiary/aromatic N) is 1. The number of hydrogen-bond donors (Lipinski definition) is 1. The fourth-order valence-corrected chi connectivity index (χ4v) is 1.52. The maximum atomic E-state index is 12.5. The van der Waals surface area contributed by atoms with Crippen LogP contribution in [0, 0.1) is 11.3 Å². The molecule has 1 aromatic carbocycles. The van der Waals surface area contributed by atoms with Gasteiger partial charge in [-0.3, -0.25) is 4.79 Å². The van der Waals surface area contributed by atoms with Crippen LogP contribution in [0.4, 0.5) is 8.78 Å². The highest BCUT2D eigenvalue weighted by Gasteiger charge is 2.11. The first kappa shape index (κ1) is 13.1. The van der Waals surface area contributed by atoms with E-state index in [1.54, 1.807) is 0 Å². The van der Waals surface area contributed by atoms with Crippen molar-refractivity contribution in [1.82, 2.24) is 0 Å². The lowest BCUT2D eigenvalue weighted by molar-refractivity contribution is -0.136. The van der Waals surface area contributed by atoms with E-state index in [2.05, 4.69) is 0 Å². The molecule has 5 heteroatoms. The molecule has 0 atom stereocenters. The lowest BCUT2D eigenvalue weighted by Crippen LogP contribution is -2.01. The van der Waals surface area contributed by atoms with Crippen LogP contribution >= 0.6 is 0 Å². The topological polar surface area (TPSA) is 61.1 Å². The van der Waals surface area contributed by atoms with Gasteiger partial charge < -0.3 is 5.11 Å². The summed E-state index contributed by atoms with van der Waals surface area (Å²) >= 11 is 0. The molecule has 0 saturated carbocycles. The Hall–Kier alpha value is -1.96. The second-order valence-electron chi connectivity index (χ2n) is 3.56. The van der Waals surface area contributed by atoms with Gasteiger partial charge in [0, 0.05) is 12.0 Å². The fourth-order valence-electron chi connectivity index (χ4n) is 1.52. The van der Waals surface area contributed by atoms with Crippen molar-refractivity contribution >= 4 is 5.97 Å². The third-order valence-electron chi connectivity index (χ3n) is 2.36. The first-order valence-electron chi connectivity index (χ1n) is 5.03. The molecule has 3 nitrogen and oxygen atoms in total. The molecular weight excluding hydrogens is 228 g/mol. The Balaban J connectivity index is 2.96. The lowest BCUT2D eigenvalue weighted by atomic mass is 9.98. The van der Waals surface area contributed by atoms with Crippen molar-refractivity contribution in [2.24, 2.45) is 0 Å². The van der Waals surface area contributed by atoms with E-state index in [0.29, 0.717) is 11.1 Å². The van der Waals surface area contributed by atoms with Crippen molar-refractivity contribution in [1.29, 1.82) is 5.26 Å². The summed E-state index contributed by atoms with van der Waals surface area (Å²) in [4.78, 5) is 10.4. The quantitative estimate of drug-likeness (QED) is 0.859. The van der Waals surface area contributed by atoms with Crippen molar-refractivity contribution < 1.29 is 18.7 Å². The normalized spacial score (nSPS) is 10.2. The molecule has 0 aliphatic heterocycles. The smallest absolute Gasteiger partial charge is 0.303 e. The Morgan fingerprint density at radius 3 is 2.65 bits per heavy atom. The zero-order valence-electron chi connectivity index (χ0n) is 8.99. The van der Waals surface area contributed by atoms with Crippen LogP contribution < -0.4 is 0 Å². The summed E-state index contributed by atoms with van der Waals surface area (Å²) in [6, 6.07) is 5.89. The Kier molecular flexibility index (Phi) is 4.58. The molecule has 0 aliphatic carbocycles. The molecule has 0 saturated heterocycles. The van der Waals surface area contributed by atoms with Gasteiger partial charge in [0.05, 0.1) is 12.5 Å². The molecule has 0 amide bonds. The van der Waals surface area contributed by atoms with Gasteiger partial charge in [-0.25, -0.2) is 8.78 Å². The molecule has 0 aliphatic rings. The third kappa shape index (κ3) is 3.83. The minimum atomic E-state index is -2.58. The SMILES string of the molecule is N#CCc1cc(C(F)F)ccc1CCC(=O)O. The van der Waals surface area contributed by atoms with Crippen LogP contribution in [0.25, 0.3) is 0 Å². The fraction of sp³-hybridized carbons (Fsp3) is 0.333. The number of carboxylic acids is 1. The summed E-state index contributed by atoms with van der Waals surface area (Å²) < 4.78 is 24.9. The van der Waals surface area contributed by atoms with Crippen LogP contribution in [-0.4, -0.2) is 11.1 Å². The number of carboxylic acid groups (broad SMARTS) is 1. The second kappa shape index (κ2) is 5.94. The molecule has 1 N–H and O–H groups in total. The molecule has 1 aromatic rings. The van der Waals surface area contributed by atoms with E-state index in [-0.39, 0.29) is 24.8 Å². The van der Waals surface area contributed by atoms with Gasteiger partial charge in [-0.15, -0.1) is 0 Å². The summed E-state index contributed by atoms with van der Waals surface area (Å²) in [5, 5.41) is 17.2. The van der Waals surface area contributed by atoms with Crippen LogP contribution in [0.1, 0.15) is 29.5 Å². The zero-order valence-corrected chi connectivity index (χ0v) is 8.99. The molecule has 0 radical (unpaired) electrons. The van der Waals surface area contributed by atoms with E-state index in [1.807, 2.05) is 6.07 Å². The zero-order chi connectivity index (χ0) is 12.8. The van der Waals surface area contributed by atoms with Gasteiger partial charge in [0.2, 0.25) is 0 Å². The molecule has 0 spiro atoms. The van der Waals surface area contributed by atoms with E-state index >= 15 is 0 Å². The van der Waals surface area contributed by atoms with Crippen molar-refractivity contribution in [2.45, 2.75) is 25.7 Å². The Morgan fingerprint density at radius 2 is 2.12 bits per heavy atom. The molecule has 0 fully saturated rings. The summed E-state index contributed by atoms with van der Waals surface area (Å²) in [7, 11) is 0. The third-order valence-corrected chi connectivity index (χ3v) is 2.36. The molecule has 0 bridgehead atoms. The van der Waals surface area contributed by atoms with Gasteiger partial charge in [0.1, 0.15) is 0 Å². The number of nitriles is 1. The van der Waals surface area contributed by atoms with Gasteiger partial charge in [-0.2, -0.15) is 5.26 Å².